The number of β-amino-alcohol motifs (C(OH)–C–C–N with tert-alkyl or cyclic N) is 1. The van der Waals surface area contributed by atoms with Gasteiger partial charge < -0.3 is 20.9 Å². The molecule has 1 saturated heterocycles. The van der Waals surface area contributed by atoms with E-state index >= 15 is 0 Å². The lowest BCUT2D eigenvalue weighted by molar-refractivity contribution is 0.0959. The zero-order valence-electron chi connectivity index (χ0n) is 7.36. The second-order valence-corrected chi connectivity index (χ2v) is 3.84. The molecule has 5 heteroatoms. The number of nitrogens with zero attached hydrogens (tertiary/aromatic N) is 2. The van der Waals surface area contributed by atoms with Crippen LogP contribution in [0.25, 0.3) is 0 Å². The third-order valence-electron chi connectivity index (χ3n) is 2.32. The zero-order valence-corrected chi connectivity index (χ0v) is 7.36. The first-order chi connectivity index (χ1) is 5.47. The lowest BCUT2D eigenvalue weighted by atomic mass is 9.90. The third kappa shape index (κ3) is 1.45. The zero-order chi connectivity index (χ0) is 9.35. The molecule has 1 unspecified atom stereocenters. The number of guanidine groups is 1. The van der Waals surface area contributed by atoms with Crippen molar-refractivity contribution >= 4 is 5.96 Å². The number of likely N-dealkylation sites (tertiary alicyclic amines) is 1. The Balaban J connectivity index is 2.67. The van der Waals surface area contributed by atoms with Crippen molar-refractivity contribution in [2.24, 2.45) is 16.3 Å². The summed E-state index contributed by atoms with van der Waals surface area (Å²) in [6.45, 7) is 4.94. The first-order valence-corrected chi connectivity index (χ1v) is 3.88. The average molecular weight is 173 g/mol. The number of hydrogen-bond acceptors (Lipinski definition) is 3. The number of aliphatic hydroxyl groups is 1. The molecule has 1 aliphatic rings. The molecular weight excluding hydrogens is 158 g/mol. The van der Waals surface area contributed by atoms with Gasteiger partial charge in [-0.2, -0.15) is 0 Å². The third-order valence-corrected chi connectivity index (χ3v) is 2.32. The van der Waals surface area contributed by atoms with E-state index < -0.39 is 6.10 Å². The van der Waals surface area contributed by atoms with Crippen LogP contribution in [0, 0.1) is 5.41 Å². The van der Waals surface area contributed by atoms with Crippen molar-refractivity contribution in [2.45, 2.75) is 20.0 Å². The molecule has 0 aromatic carbocycles. The van der Waals surface area contributed by atoms with Gasteiger partial charge in [0, 0.05) is 18.5 Å². The number of hydrogen-bond donors (Lipinski definition) is 3. The molecule has 1 fully saturated rings. The van der Waals surface area contributed by atoms with E-state index in [-0.39, 0.29) is 11.4 Å². The maximum atomic E-state index is 9.54. The molecule has 1 rings (SSSR count). The average Bonchev–Trinajstić information content (AvgIpc) is 2.25. The van der Waals surface area contributed by atoms with Crippen molar-refractivity contribution in [2.75, 3.05) is 13.1 Å². The molecule has 0 amide bonds. The molecule has 70 valence electrons. The largest absolute Gasteiger partial charge is 0.408 e. The minimum Gasteiger partial charge on any atom is -0.408 e. The second-order valence-electron chi connectivity index (χ2n) is 3.84. The van der Waals surface area contributed by atoms with Crippen LogP contribution >= 0.6 is 0 Å². The summed E-state index contributed by atoms with van der Waals surface area (Å²) >= 11 is 0. The summed E-state index contributed by atoms with van der Waals surface area (Å²) in [4.78, 5) is 1.66. The minimum atomic E-state index is -0.419. The Kier molecular flexibility index (Phi) is 2.14. The van der Waals surface area contributed by atoms with Crippen LogP contribution in [0.1, 0.15) is 13.8 Å². The van der Waals surface area contributed by atoms with Gasteiger partial charge >= 0.3 is 0 Å². The SMILES string of the molecule is CC1(C)CN(/C(N)=N/O)CC1O. The highest BCUT2D eigenvalue weighted by atomic mass is 16.4. The lowest BCUT2D eigenvalue weighted by Gasteiger charge is -2.20. The number of aliphatic hydroxyl groups excluding tert-OH is 1. The van der Waals surface area contributed by atoms with E-state index in [1.807, 2.05) is 13.8 Å². The molecule has 0 aromatic heterocycles. The molecule has 1 aliphatic heterocycles. The highest BCUT2D eigenvalue weighted by Gasteiger charge is 2.38. The van der Waals surface area contributed by atoms with Gasteiger partial charge in [-0.1, -0.05) is 19.0 Å². The van der Waals surface area contributed by atoms with Gasteiger partial charge in [-0.05, 0) is 0 Å². The Morgan fingerprint density at radius 2 is 2.25 bits per heavy atom. The molecule has 12 heavy (non-hydrogen) atoms. The van der Waals surface area contributed by atoms with Gasteiger partial charge in [0.25, 0.3) is 0 Å². The molecule has 5 nitrogen and oxygen atoms in total. The molecular formula is C7H15N3O2. The van der Waals surface area contributed by atoms with Crippen LogP contribution in [0.5, 0.6) is 0 Å². The van der Waals surface area contributed by atoms with Crippen LogP contribution < -0.4 is 5.73 Å². The van der Waals surface area contributed by atoms with Crippen molar-refractivity contribution in [3.05, 3.63) is 0 Å². The van der Waals surface area contributed by atoms with Gasteiger partial charge in [0.2, 0.25) is 5.96 Å². The van der Waals surface area contributed by atoms with Crippen LogP contribution in [-0.2, 0) is 0 Å². The monoisotopic (exact) mass is 173 g/mol. The van der Waals surface area contributed by atoms with E-state index in [0.29, 0.717) is 13.1 Å². The van der Waals surface area contributed by atoms with Crippen LogP contribution in [0.3, 0.4) is 0 Å². The van der Waals surface area contributed by atoms with E-state index in [0.717, 1.165) is 0 Å². The summed E-state index contributed by atoms with van der Waals surface area (Å²) in [6.07, 6.45) is -0.419. The van der Waals surface area contributed by atoms with Gasteiger partial charge in [-0.3, -0.25) is 0 Å². The van der Waals surface area contributed by atoms with Gasteiger partial charge in [-0.15, -0.1) is 0 Å². The Morgan fingerprint density at radius 3 is 2.58 bits per heavy atom. The van der Waals surface area contributed by atoms with Gasteiger partial charge in [0.05, 0.1) is 6.10 Å². The Morgan fingerprint density at radius 1 is 1.67 bits per heavy atom. The molecule has 0 radical (unpaired) electrons. The molecule has 0 spiro atoms. The van der Waals surface area contributed by atoms with Crippen molar-refractivity contribution in [3.8, 4) is 0 Å². The van der Waals surface area contributed by atoms with Gasteiger partial charge in [0.15, 0.2) is 0 Å². The summed E-state index contributed by atoms with van der Waals surface area (Å²) in [5, 5.41) is 20.8. The normalized spacial score (nSPS) is 29.4. The minimum absolute atomic E-state index is 0.0691. The Bertz CT molecular complexity index is 203. The summed E-state index contributed by atoms with van der Waals surface area (Å²) in [5.41, 5.74) is 5.19. The summed E-state index contributed by atoms with van der Waals surface area (Å²) in [7, 11) is 0. The van der Waals surface area contributed by atoms with Crippen LogP contribution in [0.15, 0.2) is 5.16 Å². The molecule has 4 N–H and O–H groups in total. The molecule has 0 bridgehead atoms. The Hall–Kier alpha value is -0.970. The fourth-order valence-electron chi connectivity index (χ4n) is 1.36. The van der Waals surface area contributed by atoms with Crippen LogP contribution in [0.4, 0.5) is 0 Å². The second kappa shape index (κ2) is 2.82. The van der Waals surface area contributed by atoms with Crippen LogP contribution in [0.2, 0.25) is 0 Å². The van der Waals surface area contributed by atoms with E-state index in [1.54, 1.807) is 4.90 Å². The van der Waals surface area contributed by atoms with Crippen LogP contribution in [-0.4, -0.2) is 40.4 Å². The molecule has 0 aliphatic carbocycles. The highest BCUT2D eigenvalue weighted by molar-refractivity contribution is 5.77. The van der Waals surface area contributed by atoms with Crippen molar-refractivity contribution in [1.29, 1.82) is 0 Å². The fraction of sp³-hybridized carbons (Fsp3) is 0.857. The van der Waals surface area contributed by atoms with Crippen molar-refractivity contribution in [1.82, 2.24) is 4.90 Å². The summed E-state index contributed by atoms with van der Waals surface area (Å²) < 4.78 is 0. The van der Waals surface area contributed by atoms with Crippen molar-refractivity contribution in [3.63, 3.8) is 0 Å². The molecule has 0 aromatic rings. The lowest BCUT2D eigenvalue weighted by Crippen LogP contribution is -2.36. The van der Waals surface area contributed by atoms with Gasteiger partial charge in [0.1, 0.15) is 0 Å². The molecule has 1 heterocycles. The van der Waals surface area contributed by atoms with E-state index in [2.05, 4.69) is 5.16 Å². The van der Waals surface area contributed by atoms with Gasteiger partial charge in [-0.25, -0.2) is 0 Å². The van der Waals surface area contributed by atoms with Crippen molar-refractivity contribution < 1.29 is 10.3 Å². The fourth-order valence-corrected chi connectivity index (χ4v) is 1.36. The summed E-state index contributed by atoms with van der Waals surface area (Å²) in [6, 6.07) is 0. The smallest absolute Gasteiger partial charge is 0.233 e. The first kappa shape index (κ1) is 9.12. The van der Waals surface area contributed by atoms with E-state index in [1.165, 1.54) is 0 Å². The number of rotatable bonds is 0. The van der Waals surface area contributed by atoms with E-state index in [9.17, 15) is 5.11 Å². The Labute approximate surface area is 71.5 Å². The molecule has 0 saturated carbocycles. The molecule has 1 atom stereocenters. The highest BCUT2D eigenvalue weighted by Crippen LogP contribution is 2.28. The standard InChI is InChI=1S/C7H15N3O2/c1-7(2)4-10(3-5(7)11)6(8)9-12/h5,11-12H,3-4H2,1-2H3,(H2,8,9). The summed E-state index contributed by atoms with van der Waals surface area (Å²) in [5.74, 6) is 0.0691. The predicted octanol–water partition coefficient (Wildman–Crippen LogP) is -0.607. The number of oxime groups is 1. The number of nitrogens with two attached hydrogens (primary N) is 1. The predicted molar refractivity (Wildman–Crippen MR) is 44.8 cm³/mol. The van der Waals surface area contributed by atoms with E-state index in [4.69, 9.17) is 10.9 Å². The maximum Gasteiger partial charge on any atom is 0.233 e. The maximum absolute atomic E-state index is 9.54. The first-order valence-electron chi connectivity index (χ1n) is 3.88. The quantitative estimate of drug-likeness (QED) is 0.197. The topological polar surface area (TPSA) is 82.1 Å².